The molecule has 1 aromatic rings. The number of carbonyl (C=O) groups is 1. The van der Waals surface area contributed by atoms with E-state index in [4.69, 9.17) is 10.5 Å². The molecular weight excluding hydrogens is 264 g/mol. The maximum atomic E-state index is 12.1. The molecule has 0 atom stereocenters. The van der Waals surface area contributed by atoms with Crippen molar-refractivity contribution in [3.63, 3.8) is 0 Å². The second-order valence-electron chi connectivity index (χ2n) is 6.08. The molecule has 0 unspecified atom stereocenters. The monoisotopic (exact) mass is 290 g/mol. The molecule has 0 spiro atoms. The second kappa shape index (κ2) is 7.57. The third kappa shape index (κ3) is 4.83. The molecule has 0 heterocycles. The minimum atomic E-state index is -0.297. The van der Waals surface area contributed by atoms with Gasteiger partial charge in [-0.25, -0.2) is 0 Å². The summed E-state index contributed by atoms with van der Waals surface area (Å²) in [7, 11) is 1.68. The van der Waals surface area contributed by atoms with Crippen LogP contribution in [0.5, 0.6) is 0 Å². The Morgan fingerprint density at radius 1 is 1.24 bits per heavy atom. The number of methoxy groups -OCH3 is 1. The molecule has 0 saturated heterocycles. The van der Waals surface area contributed by atoms with Crippen molar-refractivity contribution in [1.82, 2.24) is 5.32 Å². The topological polar surface area (TPSA) is 64.3 Å². The maximum absolute atomic E-state index is 12.1. The van der Waals surface area contributed by atoms with Gasteiger partial charge in [0.2, 0.25) is 5.91 Å². The van der Waals surface area contributed by atoms with E-state index >= 15 is 0 Å². The van der Waals surface area contributed by atoms with Crippen molar-refractivity contribution in [1.29, 1.82) is 0 Å². The maximum Gasteiger partial charge on any atom is 0.222 e. The molecule has 1 amide bonds. The normalized spacial score (nSPS) is 17.4. The van der Waals surface area contributed by atoms with E-state index in [1.54, 1.807) is 7.11 Å². The van der Waals surface area contributed by atoms with Crippen LogP contribution in [-0.2, 0) is 22.7 Å². The van der Waals surface area contributed by atoms with E-state index in [-0.39, 0.29) is 11.4 Å². The number of ether oxygens (including phenoxy) is 1. The van der Waals surface area contributed by atoms with E-state index in [1.807, 2.05) is 24.3 Å². The van der Waals surface area contributed by atoms with Crippen LogP contribution in [0.2, 0.25) is 0 Å². The fourth-order valence-corrected chi connectivity index (χ4v) is 3.04. The lowest BCUT2D eigenvalue weighted by Gasteiger charge is -2.32. The minimum Gasteiger partial charge on any atom is -0.380 e. The van der Waals surface area contributed by atoms with E-state index < -0.39 is 0 Å². The lowest BCUT2D eigenvalue weighted by molar-refractivity contribution is -0.122. The molecule has 1 saturated carbocycles. The van der Waals surface area contributed by atoms with Gasteiger partial charge < -0.3 is 15.8 Å². The van der Waals surface area contributed by atoms with Crippen LogP contribution in [0.4, 0.5) is 0 Å². The average Bonchev–Trinajstić information content (AvgIpc) is 2.47. The number of benzene rings is 1. The van der Waals surface area contributed by atoms with Crippen LogP contribution < -0.4 is 11.1 Å². The predicted octanol–water partition coefficient (Wildman–Crippen LogP) is 2.50. The Morgan fingerprint density at radius 2 is 1.90 bits per heavy atom. The van der Waals surface area contributed by atoms with Gasteiger partial charge in [-0.05, 0) is 24.0 Å². The molecule has 1 aromatic carbocycles. The van der Waals surface area contributed by atoms with Crippen LogP contribution >= 0.6 is 0 Å². The summed E-state index contributed by atoms with van der Waals surface area (Å²) in [5.41, 5.74) is 8.24. The summed E-state index contributed by atoms with van der Waals surface area (Å²) in [6.45, 7) is 1.10. The molecular formula is C17H26N2O2. The van der Waals surface area contributed by atoms with Crippen molar-refractivity contribution in [3.05, 3.63) is 35.4 Å². The van der Waals surface area contributed by atoms with Crippen molar-refractivity contribution in [2.24, 2.45) is 5.73 Å². The van der Waals surface area contributed by atoms with Crippen LogP contribution in [0.1, 0.15) is 49.7 Å². The number of nitrogens with one attached hydrogen (secondary N) is 1. The number of amides is 1. The highest BCUT2D eigenvalue weighted by Gasteiger charge is 2.29. The van der Waals surface area contributed by atoms with E-state index in [0.717, 1.165) is 36.8 Å². The van der Waals surface area contributed by atoms with Crippen molar-refractivity contribution < 1.29 is 9.53 Å². The van der Waals surface area contributed by atoms with Crippen LogP contribution in [0.3, 0.4) is 0 Å². The van der Waals surface area contributed by atoms with Crippen LogP contribution in [0.25, 0.3) is 0 Å². The van der Waals surface area contributed by atoms with Crippen LogP contribution in [-0.4, -0.2) is 18.6 Å². The lowest BCUT2D eigenvalue weighted by atomic mass is 9.80. The molecule has 4 nitrogen and oxygen atoms in total. The van der Waals surface area contributed by atoms with Gasteiger partial charge in [0.25, 0.3) is 0 Å². The van der Waals surface area contributed by atoms with E-state index in [2.05, 4.69) is 5.32 Å². The summed E-state index contributed by atoms with van der Waals surface area (Å²) in [6, 6.07) is 8.01. The largest absolute Gasteiger partial charge is 0.380 e. The summed E-state index contributed by atoms with van der Waals surface area (Å²) in [4.78, 5) is 12.1. The summed E-state index contributed by atoms with van der Waals surface area (Å²) >= 11 is 0. The number of carbonyl (C=O) groups excluding carboxylic acids is 1. The van der Waals surface area contributed by atoms with Crippen molar-refractivity contribution in [2.45, 2.75) is 57.2 Å². The van der Waals surface area contributed by atoms with Crippen molar-refractivity contribution in [2.75, 3.05) is 7.11 Å². The number of rotatable bonds is 6. The highest BCUT2D eigenvalue weighted by atomic mass is 16.5. The molecule has 4 heteroatoms. The third-order valence-corrected chi connectivity index (χ3v) is 4.26. The van der Waals surface area contributed by atoms with Gasteiger partial charge in [-0.15, -0.1) is 0 Å². The summed E-state index contributed by atoms with van der Waals surface area (Å²) in [6.07, 6.45) is 5.87. The van der Waals surface area contributed by atoms with E-state index in [1.165, 1.54) is 6.42 Å². The van der Waals surface area contributed by atoms with Crippen molar-refractivity contribution >= 4 is 5.91 Å². The summed E-state index contributed by atoms with van der Waals surface area (Å²) in [5, 5.41) is 3.00. The molecule has 0 radical (unpaired) electrons. The molecule has 116 valence electrons. The zero-order chi connectivity index (χ0) is 15.1. The van der Waals surface area contributed by atoms with E-state index in [9.17, 15) is 4.79 Å². The molecule has 1 aliphatic rings. The molecule has 3 N–H and O–H groups in total. The molecule has 0 aromatic heterocycles. The van der Waals surface area contributed by atoms with Gasteiger partial charge in [0.05, 0.1) is 6.61 Å². The first-order valence-electron chi connectivity index (χ1n) is 7.74. The highest BCUT2D eigenvalue weighted by Crippen LogP contribution is 2.28. The second-order valence-corrected chi connectivity index (χ2v) is 6.08. The quantitative estimate of drug-likeness (QED) is 0.846. The number of hydrogen-bond donors (Lipinski definition) is 2. The molecule has 2 rings (SSSR count). The van der Waals surface area contributed by atoms with Gasteiger partial charge in [-0.2, -0.15) is 0 Å². The van der Waals surface area contributed by atoms with E-state index in [0.29, 0.717) is 19.6 Å². The van der Waals surface area contributed by atoms with Gasteiger partial charge in [0.15, 0.2) is 0 Å². The number of hydrogen-bond acceptors (Lipinski definition) is 3. The Hall–Kier alpha value is -1.39. The Morgan fingerprint density at radius 3 is 2.57 bits per heavy atom. The average molecular weight is 290 g/mol. The molecule has 1 aliphatic carbocycles. The lowest BCUT2D eigenvalue weighted by Crippen LogP contribution is -2.45. The fourth-order valence-electron chi connectivity index (χ4n) is 3.04. The van der Waals surface area contributed by atoms with Gasteiger partial charge in [0, 0.05) is 25.6 Å². The predicted molar refractivity (Wildman–Crippen MR) is 83.6 cm³/mol. The fraction of sp³-hybridized carbons (Fsp3) is 0.588. The summed E-state index contributed by atoms with van der Waals surface area (Å²) < 4.78 is 5.18. The first kappa shape index (κ1) is 16.0. The SMILES string of the molecule is COCc1ccccc1CNC(=O)CC1(N)CCCCC1. The Balaban J connectivity index is 1.86. The van der Waals surface area contributed by atoms with Crippen LogP contribution in [0.15, 0.2) is 24.3 Å². The minimum absolute atomic E-state index is 0.0478. The van der Waals surface area contributed by atoms with Gasteiger partial charge in [-0.1, -0.05) is 43.5 Å². The number of nitrogens with two attached hydrogens (primary N) is 1. The summed E-state index contributed by atoms with van der Waals surface area (Å²) in [5.74, 6) is 0.0478. The van der Waals surface area contributed by atoms with Gasteiger partial charge in [-0.3, -0.25) is 4.79 Å². The molecule has 1 fully saturated rings. The highest BCUT2D eigenvalue weighted by molar-refractivity contribution is 5.77. The first-order chi connectivity index (χ1) is 10.1. The van der Waals surface area contributed by atoms with Gasteiger partial charge >= 0.3 is 0 Å². The Bertz CT molecular complexity index is 468. The zero-order valence-electron chi connectivity index (χ0n) is 12.9. The third-order valence-electron chi connectivity index (χ3n) is 4.26. The van der Waals surface area contributed by atoms with Crippen LogP contribution in [0, 0.1) is 0 Å². The smallest absolute Gasteiger partial charge is 0.222 e. The molecule has 21 heavy (non-hydrogen) atoms. The zero-order valence-corrected chi connectivity index (χ0v) is 12.9. The Kier molecular flexibility index (Phi) is 5.76. The molecule has 0 aliphatic heterocycles. The standard InChI is InChI=1S/C17H26N2O2/c1-21-13-15-8-4-3-7-14(15)12-19-16(20)11-17(18)9-5-2-6-10-17/h3-4,7-8H,2,5-6,9-13,18H2,1H3,(H,19,20). The Labute approximate surface area is 127 Å². The first-order valence-corrected chi connectivity index (χ1v) is 7.74. The van der Waals surface area contributed by atoms with Gasteiger partial charge in [0.1, 0.15) is 0 Å². The molecule has 0 bridgehead atoms. The van der Waals surface area contributed by atoms with Crippen molar-refractivity contribution in [3.8, 4) is 0 Å².